The van der Waals surface area contributed by atoms with Crippen molar-refractivity contribution in [2.24, 2.45) is 0 Å². The molecule has 0 N–H and O–H groups in total. The summed E-state index contributed by atoms with van der Waals surface area (Å²) in [5, 5.41) is 0. The summed E-state index contributed by atoms with van der Waals surface area (Å²) in [4.78, 5) is 10.9. The number of esters is 1. The van der Waals surface area contributed by atoms with Crippen molar-refractivity contribution >= 4 is 11.5 Å². The van der Waals surface area contributed by atoms with Gasteiger partial charge in [0.1, 0.15) is 6.10 Å². The van der Waals surface area contributed by atoms with Gasteiger partial charge in [0.15, 0.2) is 0 Å². The van der Waals surface area contributed by atoms with Gasteiger partial charge in [-0.25, -0.2) is 0 Å². The van der Waals surface area contributed by atoms with Gasteiger partial charge in [-0.2, -0.15) is 0 Å². The second-order valence-corrected chi connectivity index (χ2v) is 3.41. The van der Waals surface area contributed by atoms with Gasteiger partial charge in [0.2, 0.25) is 0 Å². The molecule has 2 nitrogen and oxygen atoms in total. The van der Waals surface area contributed by atoms with E-state index in [1.54, 1.807) is 0 Å². The van der Waals surface area contributed by atoms with Crippen LogP contribution in [-0.2, 0) is 9.53 Å². The van der Waals surface area contributed by atoms with Gasteiger partial charge in [0.25, 0.3) is 0 Å². The predicted molar refractivity (Wildman–Crippen MR) is 54.6 cm³/mol. The van der Waals surface area contributed by atoms with Crippen molar-refractivity contribution in [3.63, 3.8) is 0 Å². The van der Waals surface area contributed by atoms with E-state index in [2.05, 4.69) is 6.58 Å². The summed E-state index contributed by atoms with van der Waals surface area (Å²) >= 11 is 0. The number of ether oxygens (including phenoxy) is 1. The Morgan fingerprint density at radius 3 is 2.64 bits per heavy atom. The molecule has 0 saturated carbocycles. The molecule has 2 heteroatoms. The molecule has 1 fully saturated rings. The number of carbonyl (C=O) groups is 1. The second-order valence-electron chi connectivity index (χ2n) is 3.41. The molecule has 1 aromatic carbocycles. The van der Waals surface area contributed by atoms with Crippen LogP contribution < -0.4 is 0 Å². The Labute approximate surface area is 83.2 Å². The maximum Gasteiger partial charge on any atom is 0.306 e. The third-order valence-corrected chi connectivity index (χ3v) is 2.42. The zero-order valence-corrected chi connectivity index (χ0v) is 7.90. The number of cyclic esters (lactones) is 1. The van der Waals surface area contributed by atoms with Crippen molar-refractivity contribution in [1.82, 2.24) is 0 Å². The lowest BCUT2D eigenvalue weighted by molar-refractivity contribution is -0.139. The Morgan fingerprint density at radius 1 is 1.36 bits per heavy atom. The zero-order chi connectivity index (χ0) is 9.97. The summed E-state index contributed by atoms with van der Waals surface area (Å²) in [6.07, 6.45) is 1.15. The Bertz CT molecular complexity index is 354. The van der Waals surface area contributed by atoms with E-state index in [1.807, 2.05) is 30.3 Å². The first-order valence-corrected chi connectivity index (χ1v) is 4.71. The smallest absolute Gasteiger partial charge is 0.306 e. The molecule has 0 amide bonds. The minimum atomic E-state index is -0.120. The standard InChI is InChI=1S/C12H12O2/c1-9(10-5-3-2-4-6-10)11-7-8-12(13)14-11/h2-6,11H,1,7-8H2. The van der Waals surface area contributed by atoms with E-state index in [0.29, 0.717) is 6.42 Å². The van der Waals surface area contributed by atoms with Crippen LogP contribution >= 0.6 is 0 Å². The van der Waals surface area contributed by atoms with Gasteiger partial charge in [-0.1, -0.05) is 36.9 Å². The SMILES string of the molecule is C=C(c1ccccc1)C1CCC(=O)O1. The lowest BCUT2D eigenvalue weighted by atomic mass is 10.0. The molecule has 0 radical (unpaired) electrons. The van der Waals surface area contributed by atoms with Gasteiger partial charge in [-0.3, -0.25) is 4.79 Å². The molecule has 1 atom stereocenters. The van der Waals surface area contributed by atoms with Crippen molar-refractivity contribution < 1.29 is 9.53 Å². The van der Waals surface area contributed by atoms with Crippen LogP contribution in [0.3, 0.4) is 0 Å². The van der Waals surface area contributed by atoms with E-state index in [-0.39, 0.29) is 12.1 Å². The topological polar surface area (TPSA) is 26.3 Å². The highest BCUT2D eigenvalue weighted by Crippen LogP contribution is 2.26. The van der Waals surface area contributed by atoms with E-state index < -0.39 is 0 Å². The summed E-state index contributed by atoms with van der Waals surface area (Å²) in [5.41, 5.74) is 1.95. The van der Waals surface area contributed by atoms with E-state index in [9.17, 15) is 4.79 Å². The van der Waals surface area contributed by atoms with E-state index in [4.69, 9.17) is 4.74 Å². The highest BCUT2D eigenvalue weighted by Gasteiger charge is 2.25. The van der Waals surface area contributed by atoms with Crippen LogP contribution in [0.2, 0.25) is 0 Å². The van der Waals surface area contributed by atoms with Gasteiger partial charge < -0.3 is 4.74 Å². The summed E-state index contributed by atoms with van der Waals surface area (Å²) < 4.78 is 5.14. The Balaban J connectivity index is 2.13. The van der Waals surface area contributed by atoms with Gasteiger partial charge in [0.05, 0.1) is 0 Å². The molecule has 0 aliphatic carbocycles. The molecule has 1 aliphatic heterocycles. The molecule has 1 unspecified atom stereocenters. The van der Waals surface area contributed by atoms with E-state index >= 15 is 0 Å². The first-order chi connectivity index (χ1) is 6.77. The van der Waals surface area contributed by atoms with Gasteiger partial charge in [-0.15, -0.1) is 0 Å². The highest BCUT2D eigenvalue weighted by atomic mass is 16.5. The quantitative estimate of drug-likeness (QED) is 0.666. The van der Waals surface area contributed by atoms with Crippen molar-refractivity contribution in [2.75, 3.05) is 0 Å². The predicted octanol–water partition coefficient (Wildman–Crippen LogP) is 2.41. The highest BCUT2D eigenvalue weighted by molar-refractivity contribution is 5.77. The molecule has 2 rings (SSSR count). The summed E-state index contributed by atoms with van der Waals surface area (Å²) in [7, 11) is 0. The van der Waals surface area contributed by atoms with Crippen LogP contribution in [0, 0.1) is 0 Å². The summed E-state index contributed by atoms with van der Waals surface area (Å²) in [6.45, 7) is 3.96. The molecular weight excluding hydrogens is 176 g/mol. The van der Waals surface area contributed by atoms with Crippen LogP contribution in [-0.4, -0.2) is 12.1 Å². The molecule has 0 aromatic heterocycles. The largest absolute Gasteiger partial charge is 0.457 e. The van der Waals surface area contributed by atoms with Gasteiger partial charge in [-0.05, 0) is 17.6 Å². The molecular formula is C12H12O2. The first-order valence-electron chi connectivity index (χ1n) is 4.71. The number of hydrogen-bond acceptors (Lipinski definition) is 2. The minimum absolute atomic E-state index is 0.118. The van der Waals surface area contributed by atoms with Crippen molar-refractivity contribution in [2.45, 2.75) is 18.9 Å². The van der Waals surface area contributed by atoms with Crippen LogP contribution in [0.4, 0.5) is 0 Å². The van der Waals surface area contributed by atoms with Crippen LogP contribution in [0.5, 0.6) is 0 Å². The van der Waals surface area contributed by atoms with Crippen molar-refractivity contribution in [3.8, 4) is 0 Å². The normalized spacial score (nSPS) is 20.6. The monoisotopic (exact) mass is 188 g/mol. The Hall–Kier alpha value is -1.57. The molecule has 1 heterocycles. The number of carbonyl (C=O) groups excluding carboxylic acids is 1. The average molecular weight is 188 g/mol. The summed E-state index contributed by atoms with van der Waals surface area (Å²) in [6, 6.07) is 9.83. The van der Waals surface area contributed by atoms with Gasteiger partial charge in [0, 0.05) is 6.42 Å². The second kappa shape index (κ2) is 3.66. The number of rotatable bonds is 2. The molecule has 72 valence electrons. The van der Waals surface area contributed by atoms with Crippen molar-refractivity contribution in [3.05, 3.63) is 42.5 Å². The molecule has 0 bridgehead atoms. The van der Waals surface area contributed by atoms with E-state index in [0.717, 1.165) is 17.6 Å². The number of benzene rings is 1. The van der Waals surface area contributed by atoms with Crippen LogP contribution in [0.25, 0.3) is 5.57 Å². The van der Waals surface area contributed by atoms with Crippen LogP contribution in [0.1, 0.15) is 18.4 Å². The summed E-state index contributed by atoms with van der Waals surface area (Å²) in [5.74, 6) is -0.118. The molecule has 1 saturated heterocycles. The lowest BCUT2D eigenvalue weighted by Crippen LogP contribution is -2.08. The maximum absolute atomic E-state index is 10.9. The molecule has 1 aliphatic rings. The Morgan fingerprint density at radius 2 is 2.07 bits per heavy atom. The average Bonchev–Trinajstić information content (AvgIpc) is 2.65. The fourth-order valence-electron chi connectivity index (χ4n) is 1.61. The molecule has 1 aromatic rings. The van der Waals surface area contributed by atoms with Crippen molar-refractivity contribution in [1.29, 1.82) is 0 Å². The van der Waals surface area contributed by atoms with Gasteiger partial charge >= 0.3 is 5.97 Å². The maximum atomic E-state index is 10.9. The molecule has 0 spiro atoms. The first kappa shape index (κ1) is 9.00. The third kappa shape index (κ3) is 1.69. The van der Waals surface area contributed by atoms with E-state index in [1.165, 1.54) is 0 Å². The zero-order valence-electron chi connectivity index (χ0n) is 7.90. The fraction of sp³-hybridized carbons (Fsp3) is 0.250. The number of hydrogen-bond donors (Lipinski definition) is 0. The fourth-order valence-corrected chi connectivity index (χ4v) is 1.61. The third-order valence-electron chi connectivity index (χ3n) is 2.42. The Kier molecular flexibility index (Phi) is 2.35. The van der Waals surface area contributed by atoms with Crippen LogP contribution in [0.15, 0.2) is 36.9 Å². The molecule has 14 heavy (non-hydrogen) atoms. The lowest BCUT2D eigenvalue weighted by Gasteiger charge is -2.12. The minimum Gasteiger partial charge on any atom is -0.457 e.